The maximum Gasteiger partial charge on any atom is 0.416 e. The second-order valence-corrected chi connectivity index (χ2v) is 5.60. The van der Waals surface area contributed by atoms with Gasteiger partial charge in [-0.25, -0.2) is 4.39 Å². The first-order valence-electron chi connectivity index (χ1n) is 7.14. The molecule has 1 aliphatic heterocycles. The van der Waals surface area contributed by atoms with E-state index in [1.165, 1.54) is 6.07 Å². The van der Waals surface area contributed by atoms with E-state index < -0.39 is 17.6 Å². The summed E-state index contributed by atoms with van der Waals surface area (Å²) in [5.41, 5.74) is -0.560. The summed E-state index contributed by atoms with van der Waals surface area (Å²) in [7, 11) is 1.88. The molecule has 1 heterocycles. The Morgan fingerprint density at radius 1 is 1.19 bits per heavy atom. The largest absolute Gasteiger partial charge is 0.416 e. The van der Waals surface area contributed by atoms with E-state index in [-0.39, 0.29) is 0 Å². The first kappa shape index (κ1) is 16.2. The van der Waals surface area contributed by atoms with Crippen LogP contribution in [-0.4, -0.2) is 31.1 Å². The van der Waals surface area contributed by atoms with E-state index in [1.807, 2.05) is 11.9 Å². The third-order valence-corrected chi connectivity index (χ3v) is 3.89. The molecule has 1 saturated heterocycles. The van der Waals surface area contributed by atoms with E-state index in [1.54, 1.807) is 0 Å². The number of benzene rings is 1. The fourth-order valence-corrected chi connectivity index (χ4v) is 2.76. The molecule has 1 aromatic rings. The van der Waals surface area contributed by atoms with Crippen molar-refractivity contribution in [1.82, 2.24) is 10.2 Å². The quantitative estimate of drug-likeness (QED) is 0.861. The molecular formula is C15H20F4N2. The number of nitrogens with zero attached hydrogens (tertiary/aromatic N) is 1. The monoisotopic (exact) mass is 304 g/mol. The van der Waals surface area contributed by atoms with Crippen LogP contribution < -0.4 is 5.32 Å². The van der Waals surface area contributed by atoms with Crippen LogP contribution >= 0.6 is 0 Å². The zero-order valence-electron chi connectivity index (χ0n) is 12.0. The number of hydrogen-bond donors (Lipinski definition) is 1. The fourth-order valence-electron chi connectivity index (χ4n) is 2.76. The third kappa shape index (κ3) is 4.68. The molecule has 118 valence electrons. The standard InChI is InChI=1S/C15H20F4N2/c1-21(14-3-2-5-20-6-4-14)10-11-7-12(15(17,18)19)9-13(16)8-11/h7-9,14,20H,2-6,10H2,1H3. The van der Waals surface area contributed by atoms with Crippen molar-refractivity contribution in [1.29, 1.82) is 0 Å². The first-order chi connectivity index (χ1) is 9.86. The molecule has 1 aromatic carbocycles. The molecule has 1 aliphatic rings. The van der Waals surface area contributed by atoms with E-state index in [2.05, 4.69) is 5.32 Å². The average Bonchev–Trinajstić information content (AvgIpc) is 2.65. The molecule has 1 atom stereocenters. The lowest BCUT2D eigenvalue weighted by molar-refractivity contribution is -0.137. The Morgan fingerprint density at radius 3 is 2.67 bits per heavy atom. The summed E-state index contributed by atoms with van der Waals surface area (Å²) >= 11 is 0. The summed E-state index contributed by atoms with van der Waals surface area (Å²) in [6.07, 6.45) is -1.50. The lowest BCUT2D eigenvalue weighted by atomic mass is 10.1. The van der Waals surface area contributed by atoms with Crippen molar-refractivity contribution >= 4 is 0 Å². The van der Waals surface area contributed by atoms with Gasteiger partial charge in [-0.2, -0.15) is 13.2 Å². The molecule has 1 unspecified atom stereocenters. The van der Waals surface area contributed by atoms with Crippen LogP contribution in [0.5, 0.6) is 0 Å². The predicted molar refractivity (Wildman–Crippen MR) is 73.4 cm³/mol. The van der Waals surface area contributed by atoms with Crippen molar-refractivity contribution in [3.05, 3.63) is 35.1 Å². The maximum atomic E-state index is 13.4. The zero-order chi connectivity index (χ0) is 15.5. The Bertz CT molecular complexity index is 465. The highest BCUT2D eigenvalue weighted by Crippen LogP contribution is 2.30. The number of alkyl halides is 3. The maximum absolute atomic E-state index is 13.4. The van der Waals surface area contributed by atoms with Crippen molar-refractivity contribution in [2.24, 2.45) is 0 Å². The van der Waals surface area contributed by atoms with Gasteiger partial charge in [0.05, 0.1) is 5.56 Å². The molecule has 6 heteroatoms. The smallest absolute Gasteiger partial charge is 0.317 e. The molecule has 0 bridgehead atoms. The van der Waals surface area contributed by atoms with Gasteiger partial charge >= 0.3 is 6.18 Å². The average molecular weight is 304 g/mol. The van der Waals surface area contributed by atoms with Crippen molar-refractivity contribution < 1.29 is 17.6 Å². The Balaban J connectivity index is 2.09. The van der Waals surface area contributed by atoms with Crippen LogP contribution in [0.1, 0.15) is 30.4 Å². The molecular weight excluding hydrogens is 284 g/mol. The Kier molecular flexibility index (Phi) is 5.22. The molecule has 1 N–H and O–H groups in total. The zero-order valence-corrected chi connectivity index (χ0v) is 12.0. The van der Waals surface area contributed by atoms with Crippen LogP contribution in [0.2, 0.25) is 0 Å². The predicted octanol–water partition coefficient (Wildman–Crippen LogP) is 3.42. The SMILES string of the molecule is CN(Cc1cc(F)cc(C(F)(F)F)c1)C1CCCNCC1. The Labute approximate surface area is 122 Å². The lowest BCUT2D eigenvalue weighted by Gasteiger charge is -2.27. The van der Waals surface area contributed by atoms with Gasteiger partial charge in [0.1, 0.15) is 5.82 Å². The van der Waals surface area contributed by atoms with Crippen molar-refractivity contribution in [2.45, 2.75) is 38.0 Å². The van der Waals surface area contributed by atoms with E-state index in [0.717, 1.165) is 38.4 Å². The highest BCUT2D eigenvalue weighted by molar-refractivity contribution is 5.26. The summed E-state index contributed by atoms with van der Waals surface area (Å²) in [6, 6.07) is 3.08. The lowest BCUT2D eigenvalue weighted by Crippen LogP contribution is -2.32. The summed E-state index contributed by atoms with van der Waals surface area (Å²) in [4.78, 5) is 2.02. The van der Waals surface area contributed by atoms with Gasteiger partial charge in [0, 0.05) is 12.6 Å². The van der Waals surface area contributed by atoms with Gasteiger partial charge in [-0.15, -0.1) is 0 Å². The van der Waals surface area contributed by atoms with Gasteiger partial charge < -0.3 is 5.32 Å². The van der Waals surface area contributed by atoms with Crippen LogP contribution in [-0.2, 0) is 12.7 Å². The molecule has 0 radical (unpaired) electrons. The topological polar surface area (TPSA) is 15.3 Å². The minimum absolute atomic E-state index is 0.317. The number of nitrogens with one attached hydrogen (secondary N) is 1. The van der Waals surface area contributed by atoms with E-state index >= 15 is 0 Å². The minimum Gasteiger partial charge on any atom is -0.317 e. The number of hydrogen-bond acceptors (Lipinski definition) is 2. The normalized spacial score (nSPS) is 20.6. The summed E-state index contributed by atoms with van der Waals surface area (Å²) < 4.78 is 51.5. The second kappa shape index (κ2) is 6.75. The summed E-state index contributed by atoms with van der Waals surface area (Å²) in [6.45, 7) is 2.21. The molecule has 1 fully saturated rings. The molecule has 2 rings (SSSR count). The van der Waals surface area contributed by atoms with Crippen LogP contribution in [0.15, 0.2) is 18.2 Å². The third-order valence-electron chi connectivity index (χ3n) is 3.89. The number of halogens is 4. The van der Waals surface area contributed by atoms with E-state index in [9.17, 15) is 17.6 Å². The molecule has 0 aliphatic carbocycles. The van der Waals surface area contributed by atoms with E-state index in [0.29, 0.717) is 24.2 Å². The minimum atomic E-state index is -4.51. The molecule has 2 nitrogen and oxygen atoms in total. The Hall–Kier alpha value is -1.14. The molecule has 21 heavy (non-hydrogen) atoms. The first-order valence-corrected chi connectivity index (χ1v) is 7.14. The van der Waals surface area contributed by atoms with Gasteiger partial charge in [-0.3, -0.25) is 4.90 Å². The van der Waals surface area contributed by atoms with Crippen molar-refractivity contribution in [3.63, 3.8) is 0 Å². The Morgan fingerprint density at radius 2 is 1.95 bits per heavy atom. The highest BCUT2D eigenvalue weighted by atomic mass is 19.4. The van der Waals surface area contributed by atoms with Gasteiger partial charge in [0.2, 0.25) is 0 Å². The molecule has 0 saturated carbocycles. The summed E-state index contributed by atoms with van der Waals surface area (Å²) in [5, 5.41) is 3.30. The van der Waals surface area contributed by atoms with Crippen LogP contribution in [0, 0.1) is 5.82 Å². The van der Waals surface area contributed by atoms with Gasteiger partial charge in [-0.1, -0.05) is 0 Å². The molecule has 0 spiro atoms. The molecule has 0 amide bonds. The van der Waals surface area contributed by atoms with Crippen LogP contribution in [0.4, 0.5) is 17.6 Å². The summed E-state index contributed by atoms with van der Waals surface area (Å²) in [5.74, 6) is -0.837. The van der Waals surface area contributed by atoms with Gasteiger partial charge in [-0.05, 0) is 63.2 Å². The van der Waals surface area contributed by atoms with Gasteiger partial charge in [0.15, 0.2) is 0 Å². The van der Waals surface area contributed by atoms with Gasteiger partial charge in [0.25, 0.3) is 0 Å². The molecule has 0 aromatic heterocycles. The number of rotatable bonds is 3. The highest BCUT2D eigenvalue weighted by Gasteiger charge is 2.31. The van der Waals surface area contributed by atoms with Crippen molar-refractivity contribution in [3.8, 4) is 0 Å². The fraction of sp³-hybridized carbons (Fsp3) is 0.600. The van der Waals surface area contributed by atoms with Crippen molar-refractivity contribution in [2.75, 3.05) is 20.1 Å². The van der Waals surface area contributed by atoms with Crippen LogP contribution in [0.3, 0.4) is 0 Å². The van der Waals surface area contributed by atoms with E-state index in [4.69, 9.17) is 0 Å². The second-order valence-electron chi connectivity index (χ2n) is 5.60. The van der Waals surface area contributed by atoms with Crippen LogP contribution in [0.25, 0.3) is 0 Å².